The molecular weight excluding hydrogens is 721 g/mol. The van der Waals surface area contributed by atoms with Gasteiger partial charge in [-0.05, 0) is 79.5 Å². The third-order valence-corrected chi connectivity index (χ3v) is 7.90. The second-order valence-corrected chi connectivity index (χ2v) is 12.6. The van der Waals surface area contributed by atoms with Crippen molar-refractivity contribution in [1.29, 1.82) is 0 Å². The number of nitrogens with two attached hydrogens (primary N) is 1. The zero-order valence-corrected chi connectivity index (χ0v) is 36.8. The Kier molecular flexibility index (Phi) is 27.4. The molecule has 4 heterocycles. The van der Waals surface area contributed by atoms with Crippen LogP contribution in [0.2, 0.25) is 0 Å². The van der Waals surface area contributed by atoms with Gasteiger partial charge >= 0.3 is 29.6 Å². The van der Waals surface area contributed by atoms with Crippen LogP contribution in [-0.4, -0.2) is 89.4 Å². The molecule has 2 saturated heterocycles. The molecule has 0 radical (unpaired) electrons. The van der Waals surface area contributed by atoms with Crippen LogP contribution in [0.5, 0.6) is 0 Å². The number of hydrogen-bond acceptors (Lipinski definition) is 8. The average molecular weight is 780 g/mol. The predicted molar refractivity (Wildman–Crippen MR) is 216 cm³/mol. The van der Waals surface area contributed by atoms with Crippen LogP contribution in [0.4, 0.5) is 0 Å². The first-order chi connectivity index (χ1) is 26.6. The summed E-state index contributed by atoms with van der Waals surface area (Å²) in [5.74, 6) is 8.59. The molecule has 56 heavy (non-hydrogen) atoms. The Morgan fingerprint density at radius 1 is 0.982 bits per heavy atom. The standard InChI is InChI=1S/C32H33N6O2.C3H7.C2H3O2.C2H6O.C2H6.CH3NO.Na/c1-21(2)17-30(40)38-16-4-6-29(38)31-33-19-25(34-31)13-9-22-7-10-23(11-8-22)24-12-14-26-27(18-24)36-32(35-26)28-5-3-15-37(28)20-39;1-3-2;1-4-2-3;1-3-2;1-2;2-1-3;/h7-8,10-12,14,18-19,21,28-29H,3-6,15-17H2,1-2H3,(H,33,34)(H,35,36);3H,1-2H3;1H3;1-2H3;1-2H3;1H,(H2,2,3);/q3*-1;;;;+1/t28-,29-;;;;;;/m0....../s1. The molecule has 0 unspecified atom stereocenters. The van der Waals surface area contributed by atoms with Gasteiger partial charge in [-0.15, -0.1) is 0 Å². The molecule has 4 N–H and O–H groups in total. The van der Waals surface area contributed by atoms with Gasteiger partial charge in [-0.25, -0.2) is 9.97 Å². The molecule has 2 aliphatic heterocycles. The molecule has 2 atom stereocenters. The number of primary amides is 1. The first-order valence-electron chi connectivity index (χ1n) is 18.4. The number of nitrogens with one attached hydrogen (secondary N) is 2. The zero-order chi connectivity index (χ0) is 41.2. The van der Waals surface area contributed by atoms with Crippen molar-refractivity contribution in [2.24, 2.45) is 11.7 Å². The Balaban J connectivity index is 0.00000165. The van der Waals surface area contributed by atoms with E-state index >= 15 is 0 Å². The predicted octanol–water partition coefficient (Wildman–Crippen LogP) is 3.59. The summed E-state index contributed by atoms with van der Waals surface area (Å²) in [6.45, 7) is 14.8. The summed E-state index contributed by atoms with van der Waals surface area (Å²) in [5, 5.41) is 0. The van der Waals surface area contributed by atoms with E-state index in [0.717, 1.165) is 83.8 Å². The van der Waals surface area contributed by atoms with Gasteiger partial charge < -0.3 is 51.0 Å². The van der Waals surface area contributed by atoms with Crippen molar-refractivity contribution in [3.8, 4) is 23.0 Å². The van der Waals surface area contributed by atoms with Crippen molar-refractivity contribution < 1.29 is 58.2 Å². The van der Waals surface area contributed by atoms with Gasteiger partial charge in [-0.1, -0.05) is 58.3 Å². The molecule has 3 amide bonds. The number of methoxy groups -OCH3 is 2. The molecule has 4 aromatic rings. The number of carbonyl (C=O) groups is 2. The SMILES string of the molecule is CC.CC(C)CC(=O)N1CCC[C@H]1c1ncc(C#Cc2ccc(-c3ccc4nc([C@@H]5CCCN5[C-]=O)[nH]c4c3)cc2)[nH]1.COC.CO[C-]=O.C[CH-]C.NC=O.[Na+]. The smallest absolute Gasteiger partial charge is 0.655 e. The molecule has 300 valence electrons. The maximum atomic E-state index is 12.7. The molecule has 2 aromatic heterocycles. The molecule has 0 spiro atoms. The van der Waals surface area contributed by atoms with Crippen molar-refractivity contribution in [2.45, 2.75) is 85.7 Å². The summed E-state index contributed by atoms with van der Waals surface area (Å²) in [7, 11) is 4.51. The molecule has 0 saturated carbocycles. The minimum Gasteiger partial charge on any atom is -0.655 e. The van der Waals surface area contributed by atoms with Gasteiger partial charge in [0.05, 0.1) is 29.3 Å². The van der Waals surface area contributed by atoms with Crippen LogP contribution >= 0.6 is 0 Å². The number of H-pyrrole nitrogens is 2. The molecule has 2 aromatic carbocycles. The maximum Gasteiger partial charge on any atom is 1.00 e. The quantitative estimate of drug-likeness (QED) is 0.110. The number of hydrogen-bond donors (Lipinski definition) is 3. The normalized spacial score (nSPS) is 14.8. The number of amides is 3. The average Bonchev–Trinajstić information content (AvgIpc) is 4.02. The molecular formula is C42H58N7NaO6-2. The number of benzene rings is 2. The summed E-state index contributed by atoms with van der Waals surface area (Å²) >= 11 is 0. The number of ether oxygens (including phenoxy) is 2. The van der Waals surface area contributed by atoms with E-state index < -0.39 is 0 Å². The summed E-state index contributed by atoms with van der Waals surface area (Å²) in [4.78, 5) is 61.0. The topological polar surface area (TPSA) is 177 Å². The third kappa shape index (κ3) is 16.7. The number of aromatic nitrogens is 4. The van der Waals surface area contributed by atoms with Crippen LogP contribution < -0.4 is 35.3 Å². The molecule has 6 rings (SSSR count). The minimum atomic E-state index is -0.0263. The number of likely N-dealkylation sites (tertiary alicyclic amines) is 2. The molecule has 0 aliphatic carbocycles. The molecule has 13 nitrogen and oxygen atoms in total. The summed E-state index contributed by atoms with van der Waals surface area (Å²) in [6.07, 6.45) is 10.4. The van der Waals surface area contributed by atoms with Gasteiger partial charge in [-0.3, -0.25) is 9.59 Å². The molecule has 2 aliphatic rings. The van der Waals surface area contributed by atoms with Crippen molar-refractivity contribution >= 4 is 36.2 Å². The minimum absolute atomic E-state index is 0. The maximum absolute atomic E-state index is 12.7. The van der Waals surface area contributed by atoms with E-state index in [1.165, 1.54) is 13.6 Å². The Bertz CT molecular complexity index is 1760. The van der Waals surface area contributed by atoms with Gasteiger partial charge in [0.25, 0.3) is 0 Å². The van der Waals surface area contributed by atoms with Crippen LogP contribution in [0.1, 0.15) is 109 Å². The Labute approximate surface area is 355 Å². The van der Waals surface area contributed by atoms with Crippen LogP contribution in [0.25, 0.3) is 22.2 Å². The number of nitrogens with zero attached hydrogens (tertiary/aromatic N) is 4. The zero-order valence-electron chi connectivity index (χ0n) is 34.8. The molecule has 14 heteroatoms. The first kappa shape index (κ1) is 51.5. The van der Waals surface area contributed by atoms with Crippen molar-refractivity contribution in [3.05, 3.63) is 78.0 Å². The van der Waals surface area contributed by atoms with Crippen molar-refractivity contribution in [2.75, 3.05) is 34.4 Å². The summed E-state index contributed by atoms with van der Waals surface area (Å²) < 4.78 is 7.99. The van der Waals surface area contributed by atoms with E-state index in [9.17, 15) is 9.59 Å². The summed E-state index contributed by atoms with van der Waals surface area (Å²) in [5.41, 5.74) is 9.84. The van der Waals surface area contributed by atoms with Crippen LogP contribution in [-0.2, 0) is 28.7 Å². The Morgan fingerprint density at radius 2 is 1.55 bits per heavy atom. The fraction of sp³-hybridized carbons (Fsp3) is 0.452. The van der Waals surface area contributed by atoms with E-state index in [-0.39, 0.29) is 54.0 Å². The van der Waals surface area contributed by atoms with E-state index in [0.29, 0.717) is 12.3 Å². The van der Waals surface area contributed by atoms with E-state index in [2.05, 4.69) is 80.1 Å². The van der Waals surface area contributed by atoms with Crippen molar-refractivity contribution in [1.82, 2.24) is 29.7 Å². The number of rotatable bonds is 7. The van der Waals surface area contributed by atoms with E-state index in [1.54, 1.807) is 25.3 Å². The number of carbonyl (C=O) groups excluding carboxylic acids is 4. The van der Waals surface area contributed by atoms with Crippen LogP contribution in [0.15, 0.2) is 48.7 Å². The van der Waals surface area contributed by atoms with Gasteiger partial charge in [0.2, 0.25) is 12.3 Å². The van der Waals surface area contributed by atoms with E-state index in [4.69, 9.17) is 14.6 Å². The van der Waals surface area contributed by atoms with Gasteiger partial charge in [0.15, 0.2) is 0 Å². The van der Waals surface area contributed by atoms with Crippen molar-refractivity contribution in [3.63, 3.8) is 0 Å². The number of aromatic amines is 2. The molecule has 2 fully saturated rings. The van der Waals surface area contributed by atoms with Gasteiger partial charge in [-0.2, -0.15) is 20.3 Å². The fourth-order valence-corrected chi connectivity index (χ4v) is 5.80. The van der Waals surface area contributed by atoms with Crippen LogP contribution in [0, 0.1) is 24.2 Å². The Morgan fingerprint density at radius 3 is 2.12 bits per heavy atom. The summed E-state index contributed by atoms with van der Waals surface area (Å²) in [6, 6.07) is 14.3. The third-order valence-electron chi connectivity index (χ3n) is 7.90. The monoisotopic (exact) mass is 779 g/mol. The first-order valence-corrected chi connectivity index (χ1v) is 18.4. The largest absolute Gasteiger partial charge is 1.00 e. The second kappa shape index (κ2) is 29.8. The Hall–Kier alpha value is -4.48. The number of fused-ring (bicyclic) bond motifs is 1. The fourth-order valence-electron chi connectivity index (χ4n) is 5.80. The molecule has 0 bridgehead atoms. The van der Waals surface area contributed by atoms with E-state index in [1.807, 2.05) is 63.6 Å². The van der Waals surface area contributed by atoms with Gasteiger partial charge in [0, 0.05) is 39.9 Å². The van der Waals surface area contributed by atoms with Crippen LogP contribution in [0.3, 0.4) is 0 Å². The number of imidazole rings is 2. The van der Waals surface area contributed by atoms with Gasteiger partial charge in [0.1, 0.15) is 17.3 Å². The second-order valence-electron chi connectivity index (χ2n) is 12.6.